The van der Waals surface area contributed by atoms with Gasteiger partial charge in [0, 0.05) is 18.3 Å². The fourth-order valence-corrected chi connectivity index (χ4v) is 2.05. The van der Waals surface area contributed by atoms with Crippen molar-refractivity contribution in [3.63, 3.8) is 0 Å². The van der Waals surface area contributed by atoms with E-state index in [4.69, 9.17) is 5.11 Å². The maximum atomic E-state index is 12.0. The lowest BCUT2D eigenvalue weighted by Crippen LogP contribution is -2.27. The normalized spacial score (nSPS) is 10.4. The molecule has 0 fully saturated rings. The summed E-state index contributed by atoms with van der Waals surface area (Å²) < 4.78 is 0. The highest BCUT2D eigenvalue weighted by molar-refractivity contribution is 5.95. The molecule has 0 spiro atoms. The molecule has 2 aromatic rings. The second-order valence-corrected chi connectivity index (χ2v) is 4.84. The SMILES string of the molecule is Cc1[nH]c(=O)ccc1C(=O)NCCc1ccc(CO)cc1. The number of aliphatic hydroxyl groups excluding tert-OH is 1. The first-order chi connectivity index (χ1) is 10.1. The molecule has 0 saturated heterocycles. The number of benzene rings is 1. The van der Waals surface area contributed by atoms with Crippen molar-refractivity contribution in [1.82, 2.24) is 10.3 Å². The van der Waals surface area contributed by atoms with Crippen molar-refractivity contribution in [3.05, 3.63) is 69.1 Å². The Kier molecular flexibility index (Phi) is 4.90. The molecule has 21 heavy (non-hydrogen) atoms. The monoisotopic (exact) mass is 286 g/mol. The fraction of sp³-hybridized carbons (Fsp3) is 0.250. The largest absolute Gasteiger partial charge is 0.392 e. The summed E-state index contributed by atoms with van der Waals surface area (Å²) in [4.78, 5) is 25.7. The highest BCUT2D eigenvalue weighted by atomic mass is 16.3. The molecule has 5 heteroatoms. The molecule has 0 aliphatic rings. The molecule has 1 amide bonds. The predicted molar refractivity (Wildman–Crippen MR) is 80.2 cm³/mol. The van der Waals surface area contributed by atoms with Crippen LogP contribution < -0.4 is 10.9 Å². The van der Waals surface area contributed by atoms with Gasteiger partial charge >= 0.3 is 0 Å². The summed E-state index contributed by atoms with van der Waals surface area (Å²) in [5, 5.41) is 11.8. The first-order valence-corrected chi connectivity index (χ1v) is 6.77. The Morgan fingerprint density at radius 3 is 2.43 bits per heavy atom. The number of carbonyl (C=O) groups excluding carboxylic acids is 1. The number of amides is 1. The van der Waals surface area contributed by atoms with Crippen LogP contribution in [0.15, 0.2) is 41.2 Å². The van der Waals surface area contributed by atoms with Gasteiger partial charge in [-0.2, -0.15) is 0 Å². The number of hydrogen-bond acceptors (Lipinski definition) is 3. The zero-order valence-electron chi connectivity index (χ0n) is 11.8. The van der Waals surface area contributed by atoms with Gasteiger partial charge in [0.2, 0.25) is 5.56 Å². The zero-order chi connectivity index (χ0) is 15.2. The lowest BCUT2D eigenvalue weighted by molar-refractivity contribution is 0.0953. The topological polar surface area (TPSA) is 82.2 Å². The van der Waals surface area contributed by atoms with E-state index in [1.165, 1.54) is 12.1 Å². The molecular weight excluding hydrogens is 268 g/mol. The molecule has 1 heterocycles. The van der Waals surface area contributed by atoms with E-state index < -0.39 is 0 Å². The van der Waals surface area contributed by atoms with Crippen molar-refractivity contribution >= 4 is 5.91 Å². The summed E-state index contributed by atoms with van der Waals surface area (Å²) >= 11 is 0. The summed E-state index contributed by atoms with van der Waals surface area (Å²) in [6.45, 7) is 2.24. The predicted octanol–water partition coefficient (Wildman–Crippen LogP) is 1.15. The summed E-state index contributed by atoms with van der Waals surface area (Å²) in [6.07, 6.45) is 0.708. The van der Waals surface area contributed by atoms with Crippen molar-refractivity contribution in [2.24, 2.45) is 0 Å². The Morgan fingerprint density at radius 2 is 1.81 bits per heavy atom. The highest BCUT2D eigenvalue weighted by Gasteiger charge is 2.08. The van der Waals surface area contributed by atoms with E-state index in [-0.39, 0.29) is 18.1 Å². The van der Waals surface area contributed by atoms with Crippen molar-refractivity contribution in [2.75, 3.05) is 6.54 Å². The summed E-state index contributed by atoms with van der Waals surface area (Å²) in [5.74, 6) is -0.198. The highest BCUT2D eigenvalue weighted by Crippen LogP contribution is 2.05. The Bertz CT molecular complexity index is 675. The van der Waals surface area contributed by atoms with E-state index in [0.717, 1.165) is 11.1 Å². The van der Waals surface area contributed by atoms with Gasteiger partial charge in [-0.15, -0.1) is 0 Å². The number of rotatable bonds is 5. The van der Waals surface area contributed by atoms with Gasteiger partial charge in [-0.1, -0.05) is 24.3 Å². The number of aliphatic hydroxyl groups is 1. The molecule has 5 nitrogen and oxygen atoms in total. The van der Waals surface area contributed by atoms with Crippen LogP contribution in [0.3, 0.4) is 0 Å². The molecule has 1 aromatic carbocycles. The smallest absolute Gasteiger partial charge is 0.253 e. The fourth-order valence-electron chi connectivity index (χ4n) is 2.05. The molecule has 2 rings (SSSR count). The second-order valence-electron chi connectivity index (χ2n) is 4.84. The molecular formula is C16H18N2O3. The van der Waals surface area contributed by atoms with Crippen LogP contribution in [0.2, 0.25) is 0 Å². The number of H-pyrrole nitrogens is 1. The van der Waals surface area contributed by atoms with Gasteiger partial charge in [-0.05, 0) is 30.5 Å². The lowest BCUT2D eigenvalue weighted by Gasteiger charge is -2.07. The van der Waals surface area contributed by atoms with E-state index in [0.29, 0.717) is 24.2 Å². The first-order valence-electron chi connectivity index (χ1n) is 6.77. The molecule has 0 radical (unpaired) electrons. The third-order valence-corrected chi connectivity index (χ3v) is 3.27. The van der Waals surface area contributed by atoms with Gasteiger partial charge in [-0.25, -0.2) is 0 Å². The number of pyridine rings is 1. The van der Waals surface area contributed by atoms with Gasteiger partial charge in [0.05, 0.1) is 12.2 Å². The second kappa shape index (κ2) is 6.85. The Morgan fingerprint density at radius 1 is 1.14 bits per heavy atom. The van der Waals surface area contributed by atoms with Crippen molar-refractivity contribution in [2.45, 2.75) is 20.0 Å². The number of nitrogens with one attached hydrogen (secondary N) is 2. The number of hydrogen-bond donors (Lipinski definition) is 3. The summed E-state index contributed by atoms with van der Waals surface area (Å²) in [5.41, 5.74) is 2.78. The molecule has 0 atom stereocenters. The summed E-state index contributed by atoms with van der Waals surface area (Å²) in [7, 11) is 0. The lowest BCUT2D eigenvalue weighted by atomic mass is 10.1. The average Bonchev–Trinajstić information content (AvgIpc) is 2.47. The Balaban J connectivity index is 1.90. The summed E-state index contributed by atoms with van der Waals surface area (Å²) in [6, 6.07) is 10.5. The Labute approximate surface area is 122 Å². The maximum Gasteiger partial charge on any atom is 0.253 e. The zero-order valence-corrected chi connectivity index (χ0v) is 11.8. The molecule has 0 aliphatic heterocycles. The minimum atomic E-state index is -0.215. The van der Waals surface area contributed by atoms with Crippen LogP contribution in [0.25, 0.3) is 0 Å². The van der Waals surface area contributed by atoms with Crippen molar-refractivity contribution in [1.29, 1.82) is 0 Å². The molecule has 0 saturated carbocycles. The maximum absolute atomic E-state index is 12.0. The van der Waals surface area contributed by atoms with Crippen LogP contribution >= 0.6 is 0 Å². The van der Waals surface area contributed by atoms with Gasteiger partial charge in [0.15, 0.2) is 0 Å². The van der Waals surface area contributed by atoms with E-state index in [1.54, 1.807) is 6.92 Å². The molecule has 3 N–H and O–H groups in total. The average molecular weight is 286 g/mol. The van der Waals surface area contributed by atoms with Crippen LogP contribution in [0.1, 0.15) is 27.2 Å². The van der Waals surface area contributed by atoms with E-state index in [9.17, 15) is 9.59 Å². The van der Waals surface area contributed by atoms with Crippen LogP contribution in [0, 0.1) is 6.92 Å². The van der Waals surface area contributed by atoms with Crippen LogP contribution in [0.4, 0.5) is 0 Å². The van der Waals surface area contributed by atoms with Crippen molar-refractivity contribution in [3.8, 4) is 0 Å². The van der Waals surface area contributed by atoms with Crippen LogP contribution in [0.5, 0.6) is 0 Å². The third kappa shape index (κ3) is 4.03. The van der Waals surface area contributed by atoms with E-state index in [2.05, 4.69) is 10.3 Å². The Hall–Kier alpha value is -2.40. The van der Waals surface area contributed by atoms with Crippen LogP contribution in [-0.4, -0.2) is 22.5 Å². The van der Waals surface area contributed by atoms with Crippen molar-refractivity contribution < 1.29 is 9.90 Å². The van der Waals surface area contributed by atoms with E-state index >= 15 is 0 Å². The molecule has 1 aromatic heterocycles. The van der Waals surface area contributed by atoms with Gasteiger partial charge < -0.3 is 15.4 Å². The number of carbonyl (C=O) groups is 1. The van der Waals surface area contributed by atoms with Gasteiger partial charge in [0.1, 0.15) is 0 Å². The molecule has 0 aliphatic carbocycles. The van der Waals surface area contributed by atoms with Crippen LogP contribution in [-0.2, 0) is 13.0 Å². The molecule has 0 unspecified atom stereocenters. The third-order valence-electron chi connectivity index (χ3n) is 3.27. The number of aromatic nitrogens is 1. The minimum Gasteiger partial charge on any atom is -0.392 e. The van der Waals surface area contributed by atoms with Gasteiger partial charge in [-0.3, -0.25) is 9.59 Å². The quantitative estimate of drug-likeness (QED) is 0.771. The van der Waals surface area contributed by atoms with Gasteiger partial charge in [0.25, 0.3) is 5.91 Å². The molecule has 0 bridgehead atoms. The first kappa shape index (κ1) is 15.0. The standard InChI is InChI=1S/C16H18N2O3/c1-11-14(6-7-15(20)18-11)16(21)17-9-8-12-2-4-13(10-19)5-3-12/h2-7,19H,8-10H2,1H3,(H,17,21)(H,18,20). The minimum absolute atomic E-state index is 0.0303. The number of aromatic amines is 1. The number of aryl methyl sites for hydroxylation is 1. The molecule has 110 valence electrons. The van der Waals surface area contributed by atoms with E-state index in [1.807, 2.05) is 24.3 Å².